The highest BCUT2D eigenvalue weighted by Crippen LogP contribution is 2.40. The first-order valence-electron chi connectivity index (χ1n) is 9.07. The number of carbonyl (C=O) groups is 1. The van der Waals surface area contributed by atoms with Crippen molar-refractivity contribution in [1.82, 2.24) is 4.98 Å². The van der Waals surface area contributed by atoms with Crippen molar-refractivity contribution in [3.05, 3.63) is 65.4 Å². The van der Waals surface area contributed by atoms with Gasteiger partial charge in [0.2, 0.25) is 5.78 Å². The number of nitrogens with zero attached hydrogens (tertiary/aromatic N) is 3. The van der Waals surface area contributed by atoms with Gasteiger partial charge in [0.15, 0.2) is 5.60 Å². The van der Waals surface area contributed by atoms with Crippen LogP contribution in [0.1, 0.15) is 35.3 Å². The summed E-state index contributed by atoms with van der Waals surface area (Å²) in [7, 11) is 0. The van der Waals surface area contributed by atoms with Crippen molar-refractivity contribution < 1.29 is 9.90 Å². The Kier molecular flexibility index (Phi) is 4.08. The zero-order chi connectivity index (χ0) is 18.8. The Morgan fingerprint density at radius 3 is 2.71 bits per heavy atom. The van der Waals surface area contributed by atoms with Crippen LogP contribution in [-0.4, -0.2) is 33.9 Å². The highest BCUT2D eigenvalue weighted by Gasteiger charge is 2.52. The minimum absolute atomic E-state index is 0. The van der Waals surface area contributed by atoms with Crippen molar-refractivity contribution in [2.75, 3.05) is 11.4 Å². The third-order valence-corrected chi connectivity index (χ3v) is 5.68. The topological polar surface area (TPSA) is 65.8 Å². The lowest BCUT2D eigenvalue weighted by molar-refractivity contribution is 0.0602. The number of benzene rings is 2. The van der Waals surface area contributed by atoms with Gasteiger partial charge in [-0.05, 0) is 61.4 Å². The minimum Gasteiger partial charge on any atom is -0.374 e. The number of hydrogen-bond acceptors (Lipinski definition) is 5. The third-order valence-electron chi connectivity index (χ3n) is 5.68. The molecule has 5 rings (SSSR count). The normalized spacial score (nSPS) is 20.5. The molecule has 2 aliphatic rings. The smallest absolute Gasteiger partial charge is 0.204 e. The summed E-state index contributed by atoms with van der Waals surface area (Å²) in [4.78, 5) is 24.1. The van der Waals surface area contributed by atoms with E-state index in [0.29, 0.717) is 30.1 Å². The summed E-state index contributed by atoms with van der Waals surface area (Å²) in [5.74, 6) is 0.169. The molecule has 0 spiro atoms. The third kappa shape index (κ3) is 2.47. The van der Waals surface area contributed by atoms with Crippen LogP contribution in [0.4, 0.5) is 11.4 Å². The van der Waals surface area contributed by atoms with E-state index in [1.165, 1.54) is 0 Å². The lowest BCUT2D eigenvalue weighted by Crippen LogP contribution is -2.48. The van der Waals surface area contributed by atoms with Gasteiger partial charge >= 0.3 is 0 Å². The van der Waals surface area contributed by atoms with Crippen LogP contribution in [0.15, 0.2) is 53.7 Å². The molecular formula is C23H23N3O2. The first kappa shape index (κ1) is 18.3. The monoisotopic (exact) mass is 373 g/mol. The van der Waals surface area contributed by atoms with Gasteiger partial charge in [-0.25, -0.2) is 4.99 Å². The number of aromatic nitrogens is 1. The second-order valence-electron chi connectivity index (χ2n) is 7.36. The number of hydrogen-bond donors (Lipinski definition) is 1. The van der Waals surface area contributed by atoms with E-state index < -0.39 is 5.60 Å². The molecule has 1 saturated heterocycles. The number of carbonyl (C=O) groups excluding carboxylic acids is 1. The summed E-state index contributed by atoms with van der Waals surface area (Å²) < 4.78 is 0. The molecule has 142 valence electrons. The predicted molar refractivity (Wildman–Crippen MR) is 113 cm³/mol. The summed E-state index contributed by atoms with van der Waals surface area (Å²) in [6, 6.07) is 13.6. The molecule has 1 N–H and O–H groups in total. The van der Waals surface area contributed by atoms with Crippen LogP contribution in [0.5, 0.6) is 0 Å². The summed E-state index contributed by atoms with van der Waals surface area (Å²) >= 11 is 0. The molecule has 0 aliphatic carbocycles. The van der Waals surface area contributed by atoms with E-state index >= 15 is 0 Å². The Labute approximate surface area is 164 Å². The molecule has 3 aromatic rings. The molecule has 0 unspecified atom stereocenters. The van der Waals surface area contributed by atoms with Crippen molar-refractivity contribution in [2.45, 2.75) is 33.3 Å². The van der Waals surface area contributed by atoms with Gasteiger partial charge in [0, 0.05) is 35.8 Å². The summed E-state index contributed by atoms with van der Waals surface area (Å²) in [5, 5.41) is 12.2. The molecule has 2 aromatic carbocycles. The lowest BCUT2D eigenvalue weighted by Gasteiger charge is -2.30. The number of aryl methyl sites for hydroxylation is 2. The summed E-state index contributed by atoms with van der Waals surface area (Å²) in [6.07, 6.45) is 2.10. The molecule has 1 atom stereocenters. The van der Waals surface area contributed by atoms with E-state index in [9.17, 15) is 9.90 Å². The molecule has 3 heterocycles. The van der Waals surface area contributed by atoms with E-state index in [1.54, 1.807) is 6.20 Å². The zero-order valence-electron chi connectivity index (χ0n) is 15.2. The molecule has 0 bridgehead atoms. The fraction of sp³-hybridized carbons (Fsp3) is 0.261. The second-order valence-corrected chi connectivity index (χ2v) is 7.36. The Hall–Kier alpha value is -3.05. The molecule has 1 aromatic heterocycles. The van der Waals surface area contributed by atoms with Crippen molar-refractivity contribution in [3.8, 4) is 0 Å². The molecule has 5 heteroatoms. The predicted octanol–water partition coefficient (Wildman–Crippen LogP) is 4.36. The first-order valence-corrected chi connectivity index (χ1v) is 9.07. The van der Waals surface area contributed by atoms with Crippen LogP contribution in [-0.2, 0) is 0 Å². The number of aliphatic hydroxyl groups is 1. The molecule has 2 aliphatic heterocycles. The number of anilines is 1. The maximum atomic E-state index is 13.1. The zero-order valence-corrected chi connectivity index (χ0v) is 15.2. The Bertz CT molecular complexity index is 1150. The van der Waals surface area contributed by atoms with Gasteiger partial charge in [0.25, 0.3) is 0 Å². The number of Topliss-reactive ketones (excluding diaryl/α,β-unsaturated/α-hetero) is 1. The Morgan fingerprint density at radius 2 is 1.89 bits per heavy atom. The van der Waals surface area contributed by atoms with Crippen molar-refractivity contribution in [2.24, 2.45) is 4.99 Å². The highest BCUT2D eigenvalue weighted by atomic mass is 16.3. The van der Waals surface area contributed by atoms with Crippen LogP contribution in [0.3, 0.4) is 0 Å². The maximum Gasteiger partial charge on any atom is 0.204 e. The van der Waals surface area contributed by atoms with Crippen molar-refractivity contribution in [1.29, 1.82) is 0 Å². The van der Waals surface area contributed by atoms with Gasteiger partial charge in [0.05, 0.1) is 11.2 Å². The van der Waals surface area contributed by atoms with E-state index in [0.717, 1.165) is 27.7 Å². The van der Waals surface area contributed by atoms with E-state index in [1.807, 2.05) is 61.2 Å². The van der Waals surface area contributed by atoms with Crippen LogP contribution in [0.25, 0.3) is 10.9 Å². The van der Waals surface area contributed by atoms with Crippen molar-refractivity contribution >= 4 is 33.9 Å². The standard InChI is InChI=1S/C22H19N3O2.CH4/c1-13-10-17-19(11-14(13)2)24-21-22(27,20(17)26)7-9-25(21)16-5-6-18-15(12-16)4-3-8-23-18;/h3-6,8,10-12,27H,7,9H2,1-2H3;1H4/t22-;/m1./s1. The van der Waals surface area contributed by atoms with E-state index in [2.05, 4.69) is 4.98 Å². The average molecular weight is 373 g/mol. The largest absolute Gasteiger partial charge is 0.374 e. The highest BCUT2D eigenvalue weighted by molar-refractivity contribution is 6.28. The quantitative estimate of drug-likeness (QED) is 0.688. The van der Waals surface area contributed by atoms with Crippen LogP contribution in [0.2, 0.25) is 0 Å². The average Bonchev–Trinajstić information content (AvgIpc) is 3.01. The van der Waals surface area contributed by atoms with Gasteiger partial charge in [-0.3, -0.25) is 9.78 Å². The first-order chi connectivity index (χ1) is 13.0. The van der Waals surface area contributed by atoms with Crippen LogP contribution < -0.4 is 4.90 Å². The van der Waals surface area contributed by atoms with Gasteiger partial charge in [-0.15, -0.1) is 0 Å². The molecule has 28 heavy (non-hydrogen) atoms. The van der Waals surface area contributed by atoms with E-state index in [-0.39, 0.29) is 13.2 Å². The lowest BCUT2D eigenvalue weighted by atomic mass is 9.86. The number of aliphatic imine (C=N–C) groups is 1. The fourth-order valence-electron chi connectivity index (χ4n) is 3.98. The molecule has 5 nitrogen and oxygen atoms in total. The number of rotatable bonds is 1. The molecule has 0 radical (unpaired) electrons. The molecule has 0 saturated carbocycles. The number of amidine groups is 1. The van der Waals surface area contributed by atoms with Crippen LogP contribution in [0, 0.1) is 13.8 Å². The fourth-order valence-corrected chi connectivity index (χ4v) is 3.98. The number of fused-ring (bicyclic) bond motifs is 3. The van der Waals surface area contributed by atoms with Crippen molar-refractivity contribution in [3.63, 3.8) is 0 Å². The number of pyridine rings is 1. The molecular weight excluding hydrogens is 350 g/mol. The van der Waals surface area contributed by atoms with Crippen LogP contribution >= 0.6 is 0 Å². The van der Waals surface area contributed by atoms with Gasteiger partial charge < -0.3 is 10.0 Å². The maximum absolute atomic E-state index is 13.1. The SMILES string of the molecule is C.Cc1cc2c(cc1C)C(=O)[C@]1(O)CCN(c3ccc4ncccc4c3)C1=N2. The minimum atomic E-state index is -1.56. The van der Waals surface area contributed by atoms with E-state index in [4.69, 9.17) is 4.99 Å². The Morgan fingerprint density at radius 1 is 1.11 bits per heavy atom. The van der Waals surface area contributed by atoms with Gasteiger partial charge in [-0.1, -0.05) is 13.5 Å². The van der Waals surface area contributed by atoms with Gasteiger partial charge in [0.1, 0.15) is 5.84 Å². The Balaban J connectivity index is 0.00000192. The number of ketones is 1. The second kappa shape index (κ2) is 6.24. The molecule has 0 amide bonds. The summed E-state index contributed by atoms with van der Waals surface area (Å²) in [6.45, 7) is 4.51. The summed E-state index contributed by atoms with van der Waals surface area (Å²) in [5.41, 5.74) is 3.52. The molecule has 1 fully saturated rings. The van der Waals surface area contributed by atoms with Gasteiger partial charge in [-0.2, -0.15) is 0 Å².